The topological polar surface area (TPSA) is 69.6 Å². The zero-order chi connectivity index (χ0) is 41.4. The molecule has 0 aromatic carbocycles. The van der Waals surface area contributed by atoms with Crippen LogP contribution in [-0.2, 0) is 4.79 Å². The summed E-state index contributed by atoms with van der Waals surface area (Å²) >= 11 is 0. The van der Waals surface area contributed by atoms with Crippen molar-refractivity contribution in [3.05, 3.63) is 12.2 Å². The highest BCUT2D eigenvalue weighted by Crippen LogP contribution is 2.18. The first-order chi connectivity index (χ1) is 28.2. The van der Waals surface area contributed by atoms with Gasteiger partial charge in [0, 0.05) is 6.42 Å². The molecule has 3 N–H and O–H groups in total. The number of aliphatic hydroxyl groups excluding tert-OH is 2. The first-order valence-corrected chi connectivity index (χ1v) is 26.4. The maximum absolute atomic E-state index is 12.4. The molecule has 340 valence electrons. The third-order valence-corrected chi connectivity index (χ3v) is 12.5. The van der Waals surface area contributed by atoms with Gasteiger partial charge in [0.05, 0.1) is 18.8 Å². The molecule has 0 bridgehead atoms. The average Bonchev–Trinajstić information content (AvgIpc) is 3.22. The van der Waals surface area contributed by atoms with Gasteiger partial charge in [0.15, 0.2) is 0 Å². The first kappa shape index (κ1) is 56.1. The Morgan fingerprint density at radius 1 is 0.404 bits per heavy atom. The van der Waals surface area contributed by atoms with Crippen LogP contribution >= 0.6 is 0 Å². The highest BCUT2D eigenvalue weighted by Gasteiger charge is 2.18. The van der Waals surface area contributed by atoms with Crippen LogP contribution in [0.25, 0.3) is 0 Å². The molecule has 0 aliphatic carbocycles. The second kappa shape index (κ2) is 49.5. The Morgan fingerprint density at radius 3 is 0.912 bits per heavy atom. The van der Waals surface area contributed by atoms with Gasteiger partial charge in [-0.2, -0.15) is 0 Å². The molecule has 0 saturated heterocycles. The van der Waals surface area contributed by atoms with E-state index < -0.39 is 12.1 Å². The summed E-state index contributed by atoms with van der Waals surface area (Å²) in [6, 6.07) is -0.615. The minimum absolute atomic E-state index is 0.0596. The fraction of sp³-hybridized carbons (Fsp3) is 0.943. The van der Waals surface area contributed by atoms with E-state index in [1.54, 1.807) is 6.08 Å². The van der Waals surface area contributed by atoms with Gasteiger partial charge in [0.2, 0.25) is 5.91 Å². The maximum atomic E-state index is 12.4. The van der Waals surface area contributed by atoms with Crippen LogP contribution in [0.4, 0.5) is 0 Å². The van der Waals surface area contributed by atoms with Crippen LogP contribution < -0.4 is 5.32 Å². The molecule has 2 atom stereocenters. The fourth-order valence-electron chi connectivity index (χ4n) is 8.48. The molecule has 0 spiro atoms. The standard InChI is InChI=1S/C53H105NO3/c1-3-5-7-9-11-13-15-16-17-18-19-20-21-22-23-24-25-26-27-28-29-30-31-32-33-34-35-36-37-38-39-41-43-45-47-49-53(57)54-51(50-55)52(56)48-46-44-42-40-14-12-10-8-6-4-2/h46,48,51-52,55-56H,3-45,47,49-50H2,1-2H3,(H,54,57)/b48-46+/t51-,52+/m0/s1. The van der Waals surface area contributed by atoms with Crippen LogP contribution in [0.3, 0.4) is 0 Å². The minimum atomic E-state index is -0.832. The number of nitrogens with one attached hydrogen (secondary N) is 1. The van der Waals surface area contributed by atoms with Crippen molar-refractivity contribution in [3.63, 3.8) is 0 Å². The Bertz CT molecular complexity index is 784. The Morgan fingerprint density at radius 2 is 0.649 bits per heavy atom. The third-order valence-electron chi connectivity index (χ3n) is 12.5. The molecule has 0 saturated carbocycles. The molecule has 0 unspecified atom stereocenters. The van der Waals surface area contributed by atoms with Gasteiger partial charge in [-0.15, -0.1) is 0 Å². The van der Waals surface area contributed by atoms with Gasteiger partial charge in [0.1, 0.15) is 0 Å². The largest absolute Gasteiger partial charge is 0.394 e. The highest BCUT2D eigenvalue weighted by atomic mass is 16.3. The zero-order valence-electron chi connectivity index (χ0n) is 39.1. The van der Waals surface area contributed by atoms with Crippen molar-refractivity contribution in [3.8, 4) is 0 Å². The molecule has 0 heterocycles. The third kappa shape index (κ3) is 46.1. The molecular weight excluding hydrogens is 699 g/mol. The molecule has 1 amide bonds. The Labute approximate surface area is 358 Å². The molecule has 4 heteroatoms. The van der Waals surface area contributed by atoms with Crippen molar-refractivity contribution in [2.75, 3.05) is 6.61 Å². The molecular formula is C53H105NO3. The van der Waals surface area contributed by atoms with Gasteiger partial charge in [-0.05, 0) is 19.3 Å². The van der Waals surface area contributed by atoms with Crippen LogP contribution in [0.5, 0.6) is 0 Å². The molecule has 0 fully saturated rings. The summed E-state index contributed by atoms with van der Waals surface area (Å²) in [7, 11) is 0. The van der Waals surface area contributed by atoms with Crippen LogP contribution in [-0.4, -0.2) is 34.9 Å². The lowest BCUT2D eigenvalue weighted by Crippen LogP contribution is -2.45. The van der Waals surface area contributed by atoms with Crippen molar-refractivity contribution in [1.82, 2.24) is 5.32 Å². The minimum Gasteiger partial charge on any atom is -0.394 e. The van der Waals surface area contributed by atoms with E-state index in [1.807, 2.05) is 6.08 Å². The summed E-state index contributed by atoms with van der Waals surface area (Å²) in [6.45, 7) is 4.31. The van der Waals surface area contributed by atoms with Crippen LogP contribution in [0.1, 0.15) is 303 Å². The highest BCUT2D eigenvalue weighted by molar-refractivity contribution is 5.76. The van der Waals surface area contributed by atoms with E-state index in [9.17, 15) is 15.0 Å². The summed E-state index contributed by atoms with van der Waals surface area (Å²) in [6.07, 6.45) is 63.9. The van der Waals surface area contributed by atoms with E-state index in [-0.39, 0.29) is 12.5 Å². The van der Waals surface area contributed by atoms with Crippen molar-refractivity contribution in [1.29, 1.82) is 0 Å². The predicted molar refractivity (Wildman–Crippen MR) is 253 cm³/mol. The van der Waals surface area contributed by atoms with Crippen LogP contribution in [0.15, 0.2) is 12.2 Å². The van der Waals surface area contributed by atoms with Crippen molar-refractivity contribution in [2.24, 2.45) is 0 Å². The number of hydrogen-bond donors (Lipinski definition) is 3. The van der Waals surface area contributed by atoms with Gasteiger partial charge in [-0.1, -0.05) is 289 Å². The molecule has 0 aliphatic rings. The van der Waals surface area contributed by atoms with E-state index in [1.165, 1.54) is 257 Å². The number of unbranched alkanes of at least 4 members (excludes halogenated alkanes) is 42. The van der Waals surface area contributed by atoms with E-state index in [4.69, 9.17) is 0 Å². The second-order valence-corrected chi connectivity index (χ2v) is 18.3. The lowest BCUT2D eigenvalue weighted by atomic mass is 10.0. The summed E-state index contributed by atoms with van der Waals surface area (Å²) in [4.78, 5) is 12.4. The second-order valence-electron chi connectivity index (χ2n) is 18.3. The number of amides is 1. The molecule has 0 aromatic rings. The molecule has 0 aliphatic heterocycles. The summed E-state index contributed by atoms with van der Waals surface area (Å²) in [5.74, 6) is -0.0596. The lowest BCUT2D eigenvalue weighted by Gasteiger charge is -2.20. The summed E-state index contributed by atoms with van der Waals surface area (Å²) < 4.78 is 0. The monoisotopic (exact) mass is 804 g/mol. The number of allylic oxidation sites excluding steroid dienone is 1. The summed E-state index contributed by atoms with van der Waals surface area (Å²) in [5, 5.41) is 23.0. The molecule has 0 rings (SSSR count). The Balaban J connectivity index is 3.33. The SMILES string of the molecule is CCCCCCCCCC/C=C/[C@@H](O)[C@H](CO)NC(=O)CCCCCCCCCCCCCCCCCCCCCCCCCCCCCCCCCCCCC. The smallest absolute Gasteiger partial charge is 0.220 e. The average molecular weight is 804 g/mol. The normalized spacial score (nSPS) is 12.8. The van der Waals surface area contributed by atoms with E-state index in [2.05, 4.69) is 19.2 Å². The Kier molecular flexibility index (Phi) is 48.7. The van der Waals surface area contributed by atoms with Gasteiger partial charge < -0.3 is 15.5 Å². The van der Waals surface area contributed by atoms with Crippen molar-refractivity contribution >= 4 is 5.91 Å². The fourth-order valence-corrected chi connectivity index (χ4v) is 8.48. The van der Waals surface area contributed by atoms with Gasteiger partial charge >= 0.3 is 0 Å². The van der Waals surface area contributed by atoms with E-state index >= 15 is 0 Å². The van der Waals surface area contributed by atoms with Gasteiger partial charge in [-0.25, -0.2) is 0 Å². The first-order valence-electron chi connectivity index (χ1n) is 26.4. The number of rotatable bonds is 49. The van der Waals surface area contributed by atoms with Gasteiger partial charge in [-0.3, -0.25) is 4.79 Å². The van der Waals surface area contributed by atoms with Crippen LogP contribution in [0, 0.1) is 0 Å². The van der Waals surface area contributed by atoms with E-state index in [0.717, 1.165) is 25.7 Å². The molecule has 0 aromatic heterocycles. The maximum Gasteiger partial charge on any atom is 0.220 e. The lowest BCUT2D eigenvalue weighted by molar-refractivity contribution is -0.123. The summed E-state index contributed by atoms with van der Waals surface area (Å²) in [5.41, 5.74) is 0. The molecule has 0 radical (unpaired) electrons. The zero-order valence-corrected chi connectivity index (χ0v) is 39.1. The van der Waals surface area contributed by atoms with E-state index in [0.29, 0.717) is 6.42 Å². The number of carbonyl (C=O) groups excluding carboxylic acids is 1. The number of aliphatic hydroxyl groups is 2. The predicted octanol–water partition coefficient (Wildman–Crippen LogP) is 17.0. The number of carbonyl (C=O) groups is 1. The Hall–Kier alpha value is -0.870. The molecule has 4 nitrogen and oxygen atoms in total. The number of hydrogen-bond acceptors (Lipinski definition) is 3. The van der Waals surface area contributed by atoms with Crippen molar-refractivity contribution in [2.45, 2.75) is 315 Å². The van der Waals surface area contributed by atoms with Gasteiger partial charge in [0.25, 0.3) is 0 Å². The quantitative estimate of drug-likeness (QED) is 0.0424. The molecule has 57 heavy (non-hydrogen) atoms. The van der Waals surface area contributed by atoms with Crippen LogP contribution in [0.2, 0.25) is 0 Å². The van der Waals surface area contributed by atoms with Crippen molar-refractivity contribution < 1.29 is 15.0 Å².